The molecule has 0 unspecified atom stereocenters. The molecule has 0 fully saturated rings. The van der Waals surface area contributed by atoms with E-state index in [9.17, 15) is 9.59 Å². The molecule has 0 bridgehead atoms. The molecule has 0 aliphatic carbocycles. The van der Waals surface area contributed by atoms with Gasteiger partial charge in [0.15, 0.2) is 0 Å². The maximum Gasteiger partial charge on any atom is 0.310 e. The van der Waals surface area contributed by atoms with Crippen molar-refractivity contribution in [2.24, 2.45) is 0 Å². The van der Waals surface area contributed by atoms with Gasteiger partial charge in [-0.3, -0.25) is 9.59 Å². The molecule has 0 aliphatic heterocycles. The smallest absolute Gasteiger partial charge is 0.310 e. The number of hydrogen-bond donors (Lipinski definition) is 1. The zero-order valence-electron chi connectivity index (χ0n) is 15.3. The number of aryl methyl sites for hydroxylation is 1. The number of hydrogen-bond acceptors (Lipinski definition) is 4. The second-order valence-electron chi connectivity index (χ2n) is 6.08. The quantitative estimate of drug-likeness (QED) is 0.649. The highest BCUT2D eigenvalue weighted by atomic mass is 16.5. The lowest BCUT2D eigenvalue weighted by atomic mass is 10.1. The lowest BCUT2D eigenvalue weighted by molar-refractivity contribution is -0.142. The maximum absolute atomic E-state index is 12.6. The van der Waals surface area contributed by atoms with Crippen molar-refractivity contribution < 1.29 is 18.7 Å². The maximum atomic E-state index is 12.6. The number of benzene rings is 2. The van der Waals surface area contributed by atoms with Gasteiger partial charge in [0.2, 0.25) is 0 Å². The van der Waals surface area contributed by atoms with Gasteiger partial charge in [-0.15, -0.1) is 0 Å². The average molecular weight is 363 g/mol. The number of anilines is 1. The SMILES string of the molecule is CCOC(=O)Cc1ccc(NC(=O)c2cc(-c3ccccc3)oc2C)cc1. The molecular weight excluding hydrogens is 342 g/mol. The van der Waals surface area contributed by atoms with E-state index in [1.807, 2.05) is 30.3 Å². The third-order valence-electron chi connectivity index (χ3n) is 4.09. The Balaban J connectivity index is 1.69. The van der Waals surface area contributed by atoms with E-state index in [1.54, 1.807) is 44.2 Å². The fraction of sp³-hybridized carbons (Fsp3) is 0.182. The minimum absolute atomic E-state index is 0.212. The van der Waals surface area contributed by atoms with Crippen LogP contribution in [0.1, 0.15) is 28.6 Å². The molecular formula is C22H21NO4. The highest BCUT2D eigenvalue weighted by Gasteiger charge is 2.16. The molecule has 3 aromatic rings. The van der Waals surface area contributed by atoms with E-state index in [0.29, 0.717) is 29.4 Å². The van der Waals surface area contributed by atoms with E-state index in [-0.39, 0.29) is 18.3 Å². The van der Waals surface area contributed by atoms with E-state index in [1.165, 1.54) is 0 Å². The minimum atomic E-state index is -0.267. The lowest BCUT2D eigenvalue weighted by Crippen LogP contribution is -2.12. The molecule has 1 N–H and O–H groups in total. The number of nitrogens with one attached hydrogen (secondary N) is 1. The summed E-state index contributed by atoms with van der Waals surface area (Å²) in [6.45, 7) is 3.91. The van der Waals surface area contributed by atoms with Crippen molar-refractivity contribution in [3.05, 3.63) is 77.6 Å². The number of esters is 1. The normalized spacial score (nSPS) is 10.4. The molecule has 1 aromatic heterocycles. The molecule has 0 aliphatic rings. The zero-order valence-corrected chi connectivity index (χ0v) is 15.3. The first-order chi connectivity index (χ1) is 13.1. The molecule has 0 radical (unpaired) electrons. The first-order valence-electron chi connectivity index (χ1n) is 8.78. The van der Waals surface area contributed by atoms with E-state index in [2.05, 4.69) is 5.32 Å². The fourth-order valence-electron chi connectivity index (χ4n) is 2.74. The van der Waals surface area contributed by atoms with Crippen molar-refractivity contribution in [1.29, 1.82) is 0 Å². The summed E-state index contributed by atoms with van der Waals surface area (Å²) in [5.74, 6) is 0.710. The van der Waals surface area contributed by atoms with Gasteiger partial charge in [0, 0.05) is 11.3 Å². The van der Waals surface area contributed by atoms with Crippen molar-refractivity contribution in [2.75, 3.05) is 11.9 Å². The molecule has 0 atom stereocenters. The number of furan rings is 1. The van der Waals surface area contributed by atoms with Crippen LogP contribution in [0, 0.1) is 6.92 Å². The Morgan fingerprint density at radius 2 is 1.74 bits per heavy atom. The summed E-state index contributed by atoms with van der Waals surface area (Å²) >= 11 is 0. The second kappa shape index (κ2) is 8.36. The van der Waals surface area contributed by atoms with Crippen LogP contribution in [-0.4, -0.2) is 18.5 Å². The van der Waals surface area contributed by atoms with Gasteiger partial charge in [-0.2, -0.15) is 0 Å². The predicted molar refractivity (Wildman–Crippen MR) is 104 cm³/mol. The molecule has 5 nitrogen and oxygen atoms in total. The van der Waals surface area contributed by atoms with Gasteiger partial charge in [-0.25, -0.2) is 0 Å². The highest BCUT2D eigenvalue weighted by Crippen LogP contribution is 2.26. The molecule has 0 saturated carbocycles. The van der Waals surface area contributed by atoms with Gasteiger partial charge in [0.1, 0.15) is 11.5 Å². The predicted octanol–water partition coefficient (Wildman–Crippen LogP) is 4.61. The summed E-state index contributed by atoms with van der Waals surface area (Å²) in [4.78, 5) is 24.1. The van der Waals surface area contributed by atoms with Gasteiger partial charge >= 0.3 is 5.97 Å². The number of amides is 1. The van der Waals surface area contributed by atoms with Crippen LogP contribution < -0.4 is 5.32 Å². The van der Waals surface area contributed by atoms with Crippen LogP contribution in [0.4, 0.5) is 5.69 Å². The van der Waals surface area contributed by atoms with Gasteiger partial charge in [-0.1, -0.05) is 42.5 Å². The summed E-state index contributed by atoms with van der Waals surface area (Å²) < 4.78 is 10.7. The molecule has 0 saturated heterocycles. The number of carbonyl (C=O) groups excluding carboxylic acids is 2. The Morgan fingerprint density at radius 3 is 2.41 bits per heavy atom. The Bertz CT molecular complexity index is 927. The van der Waals surface area contributed by atoms with Crippen LogP contribution in [0.3, 0.4) is 0 Å². The summed E-state index contributed by atoms with van der Waals surface area (Å²) in [5, 5.41) is 2.85. The van der Waals surface area contributed by atoms with Crippen LogP contribution in [0.5, 0.6) is 0 Å². The molecule has 27 heavy (non-hydrogen) atoms. The zero-order chi connectivity index (χ0) is 19.2. The van der Waals surface area contributed by atoms with Crippen LogP contribution in [0.2, 0.25) is 0 Å². The summed E-state index contributed by atoms with van der Waals surface area (Å²) in [6.07, 6.45) is 0.212. The van der Waals surface area contributed by atoms with Crippen molar-refractivity contribution in [3.8, 4) is 11.3 Å². The third kappa shape index (κ3) is 4.64. The highest BCUT2D eigenvalue weighted by molar-refractivity contribution is 6.05. The number of carbonyl (C=O) groups is 2. The fourth-order valence-corrected chi connectivity index (χ4v) is 2.74. The molecule has 3 rings (SSSR count). The van der Waals surface area contributed by atoms with Crippen molar-refractivity contribution >= 4 is 17.6 Å². The standard InChI is InChI=1S/C22H21NO4/c1-3-26-21(24)13-16-9-11-18(12-10-16)23-22(25)19-14-20(27-15(19)2)17-7-5-4-6-8-17/h4-12,14H,3,13H2,1-2H3,(H,23,25). The van der Waals surface area contributed by atoms with Gasteiger partial charge < -0.3 is 14.5 Å². The second-order valence-corrected chi connectivity index (χ2v) is 6.08. The van der Waals surface area contributed by atoms with Crippen molar-refractivity contribution in [2.45, 2.75) is 20.3 Å². The molecule has 2 aromatic carbocycles. The Hall–Kier alpha value is -3.34. The summed E-state index contributed by atoms with van der Waals surface area (Å²) in [7, 11) is 0. The van der Waals surface area contributed by atoms with Gasteiger partial charge in [0.25, 0.3) is 5.91 Å². The molecule has 138 valence electrons. The van der Waals surface area contributed by atoms with Crippen LogP contribution in [0.25, 0.3) is 11.3 Å². The minimum Gasteiger partial charge on any atom is -0.466 e. The van der Waals surface area contributed by atoms with Crippen LogP contribution in [-0.2, 0) is 16.0 Å². The largest absolute Gasteiger partial charge is 0.466 e. The summed E-state index contributed by atoms with van der Waals surface area (Å²) in [6, 6.07) is 18.5. The Morgan fingerprint density at radius 1 is 1.04 bits per heavy atom. The monoisotopic (exact) mass is 363 g/mol. The summed E-state index contributed by atoms with van der Waals surface area (Å²) in [5.41, 5.74) is 2.89. The first-order valence-corrected chi connectivity index (χ1v) is 8.78. The van der Waals surface area contributed by atoms with Crippen molar-refractivity contribution in [1.82, 2.24) is 0 Å². The number of rotatable bonds is 6. The Kier molecular flexibility index (Phi) is 5.71. The molecule has 5 heteroatoms. The topological polar surface area (TPSA) is 68.5 Å². The van der Waals surface area contributed by atoms with Crippen LogP contribution >= 0.6 is 0 Å². The van der Waals surface area contributed by atoms with Crippen molar-refractivity contribution in [3.63, 3.8) is 0 Å². The van der Waals surface area contributed by atoms with E-state index >= 15 is 0 Å². The van der Waals surface area contributed by atoms with E-state index in [4.69, 9.17) is 9.15 Å². The van der Waals surface area contributed by atoms with E-state index in [0.717, 1.165) is 11.1 Å². The third-order valence-corrected chi connectivity index (χ3v) is 4.09. The molecule has 1 heterocycles. The molecule has 0 spiro atoms. The van der Waals surface area contributed by atoms with Gasteiger partial charge in [0.05, 0.1) is 18.6 Å². The number of ether oxygens (including phenoxy) is 1. The Labute approximate surface area is 158 Å². The first kappa shape index (κ1) is 18.5. The van der Waals surface area contributed by atoms with Gasteiger partial charge in [-0.05, 0) is 37.6 Å². The lowest BCUT2D eigenvalue weighted by Gasteiger charge is -2.06. The van der Waals surface area contributed by atoms with Crippen LogP contribution in [0.15, 0.2) is 65.1 Å². The van der Waals surface area contributed by atoms with E-state index < -0.39 is 0 Å². The average Bonchev–Trinajstić information content (AvgIpc) is 3.06. The molecule has 1 amide bonds.